The zero-order valence-electron chi connectivity index (χ0n) is 30.0. The summed E-state index contributed by atoms with van der Waals surface area (Å²) >= 11 is 0. The largest absolute Gasteiger partial charge is 0.384 e. The van der Waals surface area contributed by atoms with Crippen LogP contribution in [0.5, 0.6) is 0 Å². The molecule has 48 heavy (non-hydrogen) atoms. The van der Waals surface area contributed by atoms with Crippen molar-refractivity contribution < 1.29 is 28.2 Å². The molecule has 0 saturated carbocycles. The van der Waals surface area contributed by atoms with Gasteiger partial charge in [0.1, 0.15) is 23.5 Å². The van der Waals surface area contributed by atoms with Crippen molar-refractivity contribution in [1.82, 2.24) is 10.6 Å². The zero-order valence-corrected chi connectivity index (χ0v) is 30.0. The average molecular weight is 673 g/mol. The van der Waals surface area contributed by atoms with Gasteiger partial charge in [-0.25, -0.2) is 8.78 Å². The third kappa shape index (κ3) is 17.8. The van der Waals surface area contributed by atoms with Crippen LogP contribution in [0.1, 0.15) is 122 Å². The molecule has 2 aromatic carbocycles. The normalized spacial score (nSPS) is 13.7. The number of hydrogen-bond donors (Lipinski definition) is 3. The molecule has 3 atom stereocenters. The SMILES string of the molecule is CCCCCCNC(CC(=O)CCC(C)(C)CCC(=O)C(O)C(COCc1ccccc1)NCCCCCC)Cc1cc(F)ccc1F. The standard InChI is InChI=1S/C40H62F2N2O4/c1-5-7-9-14-24-43-34(27-32-26-33(41)18-19-36(32)42)28-35(45)20-22-40(3,4)23-21-38(46)39(47)37(44-25-15-10-8-6-2)30-48-29-31-16-12-11-13-17-31/h11-13,16-19,26,34,37,39,43-44,47H,5-10,14-15,20-25,27-30H2,1-4H3. The van der Waals surface area contributed by atoms with E-state index in [1.54, 1.807) is 0 Å². The van der Waals surface area contributed by atoms with E-state index >= 15 is 0 Å². The highest BCUT2D eigenvalue weighted by Gasteiger charge is 2.29. The summed E-state index contributed by atoms with van der Waals surface area (Å²) in [4.78, 5) is 26.3. The maximum atomic E-state index is 14.4. The minimum Gasteiger partial charge on any atom is -0.384 e. The summed E-state index contributed by atoms with van der Waals surface area (Å²) in [5.41, 5.74) is 1.01. The quantitative estimate of drug-likeness (QED) is 0.0789. The predicted octanol–water partition coefficient (Wildman–Crippen LogP) is 8.28. The van der Waals surface area contributed by atoms with E-state index in [0.29, 0.717) is 32.4 Å². The van der Waals surface area contributed by atoms with Crippen molar-refractivity contribution >= 4 is 11.6 Å². The van der Waals surface area contributed by atoms with Crippen molar-refractivity contribution in [2.75, 3.05) is 19.7 Å². The summed E-state index contributed by atoms with van der Waals surface area (Å²) < 4.78 is 34.2. The number of Topliss-reactive ketones (excluding diaryl/α,β-unsaturated/α-hetero) is 2. The van der Waals surface area contributed by atoms with Crippen LogP contribution < -0.4 is 10.6 Å². The molecule has 270 valence electrons. The molecule has 0 fully saturated rings. The molecule has 0 amide bonds. The molecule has 2 rings (SSSR count). The lowest BCUT2D eigenvalue weighted by molar-refractivity contribution is -0.130. The third-order valence-corrected chi connectivity index (χ3v) is 9.10. The van der Waals surface area contributed by atoms with Crippen molar-refractivity contribution in [3.05, 3.63) is 71.3 Å². The van der Waals surface area contributed by atoms with E-state index in [1.165, 1.54) is 6.07 Å². The summed E-state index contributed by atoms with van der Waals surface area (Å²) in [6.45, 7) is 10.4. The summed E-state index contributed by atoms with van der Waals surface area (Å²) in [7, 11) is 0. The van der Waals surface area contributed by atoms with E-state index in [2.05, 4.69) is 24.5 Å². The Kier molecular flexibility index (Phi) is 20.6. The first-order valence-electron chi connectivity index (χ1n) is 18.3. The van der Waals surface area contributed by atoms with E-state index in [1.807, 2.05) is 44.2 Å². The number of ether oxygens (including phenoxy) is 1. The van der Waals surface area contributed by atoms with Gasteiger partial charge in [-0.05, 0) is 79.9 Å². The number of aliphatic hydroxyl groups is 1. The fourth-order valence-electron chi connectivity index (χ4n) is 5.83. The van der Waals surface area contributed by atoms with Crippen LogP contribution in [0, 0.1) is 17.0 Å². The van der Waals surface area contributed by atoms with Crippen LogP contribution in [0.25, 0.3) is 0 Å². The number of halogens is 2. The maximum absolute atomic E-state index is 14.4. The van der Waals surface area contributed by atoms with Crippen molar-refractivity contribution in [3.8, 4) is 0 Å². The number of unbranched alkanes of at least 4 members (excludes halogenated alkanes) is 6. The Hall–Kier alpha value is -2.52. The second kappa shape index (κ2) is 23.8. The molecular weight excluding hydrogens is 610 g/mol. The second-order valence-electron chi connectivity index (χ2n) is 14.1. The molecule has 0 bridgehead atoms. The molecule has 0 radical (unpaired) electrons. The fourth-order valence-corrected chi connectivity index (χ4v) is 5.83. The molecule has 3 N–H and O–H groups in total. The van der Waals surface area contributed by atoms with E-state index in [0.717, 1.165) is 75.6 Å². The summed E-state index contributed by atoms with van der Waals surface area (Å²) in [6, 6.07) is 12.5. The lowest BCUT2D eigenvalue weighted by Crippen LogP contribution is -2.47. The Bertz CT molecular complexity index is 1180. The van der Waals surface area contributed by atoms with Gasteiger partial charge >= 0.3 is 0 Å². The van der Waals surface area contributed by atoms with Crippen molar-refractivity contribution in [1.29, 1.82) is 0 Å². The van der Waals surface area contributed by atoms with Crippen LogP contribution >= 0.6 is 0 Å². The lowest BCUT2D eigenvalue weighted by Gasteiger charge is -2.27. The van der Waals surface area contributed by atoms with Crippen molar-refractivity contribution in [3.63, 3.8) is 0 Å². The predicted molar refractivity (Wildman–Crippen MR) is 191 cm³/mol. The first-order valence-corrected chi connectivity index (χ1v) is 18.3. The number of carbonyl (C=O) groups is 2. The molecule has 2 aromatic rings. The monoisotopic (exact) mass is 672 g/mol. The Morgan fingerprint density at radius 1 is 0.854 bits per heavy atom. The Balaban J connectivity index is 1.89. The zero-order chi connectivity index (χ0) is 35.2. The van der Waals surface area contributed by atoms with Crippen molar-refractivity contribution in [2.24, 2.45) is 5.41 Å². The number of nitrogens with one attached hydrogen (secondary N) is 2. The van der Waals surface area contributed by atoms with Gasteiger partial charge in [-0.1, -0.05) is 96.6 Å². The van der Waals surface area contributed by atoms with Gasteiger partial charge in [0.15, 0.2) is 5.78 Å². The highest BCUT2D eigenvalue weighted by Crippen LogP contribution is 2.29. The van der Waals surface area contributed by atoms with Crippen LogP contribution in [-0.2, 0) is 27.4 Å². The van der Waals surface area contributed by atoms with Crippen molar-refractivity contribution in [2.45, 2.75) is 142 Å². The molecule has 8 heteroatoms. The highest BCUT2D eigenvalue weighted by molar-refractivity contribution is 5.83. The number of benzene rings is 2. The molecule has 0 aliphatic carbocycles. The lowest BCUT2D eigenvalue weighted by atomic mass is 9.81. The molecule has 0 aliphatic heterocycles. The van der Waals surface area contributed by atoms with Crippen LogP contribution in [0.15, 0.2) is 48.5 Å². The van der Waals surface area contributed by atoms with Gasteiger partial charge in [0.25, 0.3) is 0 Å². The molecule has 6 nitrogen and oxygen atoms in total. The Morgan fingerprint density at radius 2 is 1.50 bits per heavy atom. The molecule has 0 aliphatic rings. The second-order valence-corrected chi connectivity index (χ2v) is 14.1. The fraction of sp³-hybridized carbons (Fsp3) is 0.650. The van der Waals surface area contributed by atoms with E-state index < -0.39 is 23.8 Å². The molecule has 3 unspecified atom stereocenters. The molecule has 0 saturated heterocycles. The number of rotatable bonds is 28. The van der Waals surface area contributed by atoms with Crippen LogP contribution in [0.2, 0.25) is 0 Å². The Labute approximate surface area is 288 Å². The van der Waals surface area contributed by atoms with E-state index in [9.17, 15) is 23.5 Å². The van der Waals surface area contributed by atoms with Gasteiger partial charge in [0.05, 0.1) is 19.3 Å². The Morgan fingerprint density at radius 3 is 2.17 bits per heavy atom. The van der Waals surface area contributed by atoms with Gasteiger partial charge in [-0.15, -0.1) is 0 Å². The summed E-state index contributed by atoms with van der Waals surface area (Å²) in [6.07, 6.45) is 9.60. The number of hydrogen-bond acceptors (Lipinski definition) is 6. The van der Waals surface area contributed by atoms with Crippen LogP contribution in [-0.4, -0.2) is 54.6 Å². The summed E-state index contributed by atoms with van der Waals surface area (Å²) in [5, 5.41) is 17.8. The highest BCUT2D eigenvalue weighted by atomic mass is 19.1. The molecule has 0 heterocycles. The molecular formula is C40H62F2N2O4. The van der Waals surface area contributed by atoms with Gasteiger partial charge < -0.3 is 20.5 Å². The van der Waals surface area contributed by atoms with Gasteiger partial charge in [-0.2, -0.15) is 0 Å². The third-order valence-electron chi connectivity index (χ3n) is 9.10. The number of ketones is 2. The van der Waals surface area contributed by atoms with E-state index in [4.69, 9.17) is 4.74 Å². The molecule has 0 aromatic heterocycles. The van der Waals surface area contributed by atoms with Crippen LogP contribution in [0.3, 0.4) is 0 Å². The van der Waals surface area contributed by atoms with E-state index in [-0.39, 0.29) is 54.5 Å². The number of aliphatic hydroxyl groups excluding tert-OH is 1. The number of carbonyl (C=O) groups excluding carboxylic acids is 2. The average Bonchev–Trinajstić information content (AvgIpc) is 3.07. The van der Waals surface area contributed by atoms with Gasteiger partial charge in [0, 0.05) is 25.3 Å². The maximum Gasteiger partial charge on any atom is 0.162 e. The minimum atomic E-state index is -1.18. The smallest absolute Gasteiger partial charge is 0.162 e. The van der Waals surface area contributed by atoms with Crippen LogP contribution in [0.4, 0.5) is 8.78 Å². The first kappa shape index (κ1) is 41.7. The summed E-state index contributed by atoms with van der Waals surface area (Å²) in [5.74, 6) is -1.13. The van der Waals surface area contributed by atoms with Gasteiger partial charge in [0.2, 0.25) is 0 Å². The molecule has 0 spiro atoms. The van der Waals surface area contributed by atoms with Gasteiger partial charge in [-0.3, -0.25) is 9.59 Å². The first-order chi connectivity index (χ1) is 23.0. The topological polar surface area (TPSA) is 87.7 Å². The minimum absolute atomic E-state index is 0.0557.